The quantitative estimate of drug-likeness (QED) is 0.685. The summed E-state index contributed by atoms with van der Waals surface area (Å²) in [4.78, 5) is 38.2. The lowest BCUT2D eigenvalue weighted by Crippen LogP contribution is -2.29. The Morgan fingerprint density at radius 2 is 1.79 bits per heavy atom. The van der Waals surface area contributed by atoms with E-state index in [2.05, 4.69) is 15.5 Å². The first-order valence-corrected chi connectivity index (χ1v) is 8.97. The van der Waals surface area contributed by atoms with Gasteiger partial charge in [0.15, 0.2) is 0 Å². The van der Waals surface area contributed by atoms with Crippen molar-refractivity contribution in [2.45, 2.75) is 6.54 Å². The zero-order valence-corrected chi connectivity index (χ0v) is 15.1. The molecule has 1 aliphatic heterocycles. The lowest BCUT2D eigenvalue weighted by molar-refractivity contribution is 0.0641. The van der Waals surface area contributed by atoms with Crippen LogP contribution in [0.4, 0.5) is 5.13 Å². The van der Waals surface area contributed by atoms with Crippen LogP contribution in [0, 0.1) is 11.3 Å². The molecule has 2 heterocycles. The number of anilines is 1. The van der Waals surface area contributed by atoms with E-state index < -0.39 is 5.91 Å². The fourth-order valence-electron chi connectivity index (χ4n) is 2.79. The van der Waals surface area contributed by atoms with E-state index in [1.807, 2.05) is 6.07 Å². The molecule has 3 aromatic rings. The van der Waals surface area contributed by atoms with Gasteiger partial charge in [-0.2, -0.15) is 5.26 Å². The summed E-state index contributed by atoms with van der Waals surface area (Å²) in [6.45, 7) is -0.0240. The number of aromatic nitrogens is 2. The molecule has 4 rings (SSSR count). The van der Waals surface area contributed by atoms with Gasteiger partial charge >= 0.3 is 0 Å². The molecule has 136 valence electrons. The van der Waals surface area contributed by atoms with Gasteiger partial charge in [-0.15, -0.1) is 10.2 Å². The smallest absolute Gasteiger partial charge is 0.261 e. The first-order chi connectivity index (χ1) is 13.6. The van der Waals surface area contributed by atoms with Crippen molar-refractivity contribution >= 4 is 34.2 Å². The number of carbonyl (C=O) groups excluding carboxylic acids is 3. The summed E-state index contributed by atoms with van der Waals surface area (Å²) in [5, 5.41) is 20.0. The summed E-state index contributed by atoms with van der Waals surface area (Å²) < 4.78 is 0. The number of hydrogen-bond donors (Lipinski definition) is 1. The van der Waals surface area contributed by atoms with Crippen LogP contribution in [0.25, 0.3) is 0 Å². The first kappa shape index (κ1) is 17.5. The summed E-state index contributed by atoms with van der Waals surface area (Å²) in [6.07, 6.45) is 0. The Morgan fingerprint density at radius 3 is 2.46 bits per heavy atom. The molecule has 0 atom stereocenters. The van der Waals surface area contributed by atoms with Crippen LogP contribution in [0.2, 0.25) is 0 Å². The molecular weight excluding hydrogens is 378 g/mol. The van der Waals surface area contributed by atoms with E-state index in [0.717, 1.165) is 16.2 Å². The van der Waals surface area contributed by atoms with Crippen LogP contribution in [0.15, 0.2) is 48.5 Å². The van der Waals surface area contributed by atoms with Gasteiger partial charge in [-0.1, -0.05) is 29.5 Å². The van der Waals surface area contributed by atoms with Gasteiger partial charge in [0.2, 0.25) is 5.13 Å². The van der Waals surface area contributed by atoms with Crippen LogP contribution in [0.5, 0.6) is 0 Å². The molecule has 3 amide bonds. The molecule has 0 unspecified atom stereocenters. The van der Waals surface area contributed by atoms with Gasteiger partial charge in [-0.05, 0) is 30.3 Å². The zero-order chi connectivity index (χ0) is 19.7. The number of nitrogens with zero attached hydrogens (tertiary/aromatic N) is 4. The molecule has 0 fully saturated rings. The number of carbonyl (C=O) groups is 3. The Morgan fingerprint density at radius 1 is 1.07 bits per heavy atom. The zero-order valence-electron chi connectivity index (χ0n) is 14.2. The van der Waals surface area contributed by atoms with Gasteiger partial charge in [0, 0.05) is 5.56 Å². The highest BCUT2D eigenvalue weighted by molar-refractivity contribution is 7.15. The van der Waals surface area contributed by atoms with Crippen molar-refractivity contribution in [3.05, 3.63) is 75.8 Å². The fourth-order valence-corrected chi connectivity index (χ4v) is 3.51. The summed E-state index contributed by atoms with van der Waals surface area (Å²) >= 11 is 1.07. The average molecular weight is 389 g/mol. The number of nitrogens with one attached hydrogen (secondary N) is 1. The van der Waals surface area contributed by atoms with E-state index in [0.29, 0.717) is 27.3 Å². The molecule has 1 N–H and O–H groups in total. The second-order valence-corrected chi connectivity index (χ2v) is 6.95. The Labute approximate surface area is 163 Å². The molecule has 0 saturated carbocycles. The Hall–Kier alpha value is -3.90. The minimum atomic E-state index is -0.430. The number of benzene rings is 2. The van der Waals surface area contributed by atoms with Crippen LogP contribution in [0.1, 0.15) is 41.6 Å². The van der Waals surface area contributed by atoms with Crippen molar-refractivity contribution in [1.29, 1.82) is 5.26 Å². The Balaban J connectivity index is 1.47. The summed E-state index contributed by atoms with van der Waals surface area (Å²) in [5.74, 6) is -1.19. The molecule has 1 aromatic heterocycles. The predicted molar refractivity (Wildman–Crippen MR) is 99.7 cm³/mol. The van der Waals surface area contributed by atoms with Crippen molar-refractivity contribution in [1.82, 2.24) is 15.1 Å². The molecule has 0 spiro atoms. The third kappa shape index (κ3) is 3.13. The number of hydrogen-bond acceptors (Lipinski definition) is 7. The van der Waals surface area contributed by atoms with Crippen LogP contribution < -0.4 is 5.32 Å². The predicted octanol–water partition coefficient (Wildman–Crippen LogP) is 2.46. The Kier molecular flexibility index (Phi) is 4.39. The molecule has 28 heavy (non-hydrogen) atoms. The highest BCUT2D eigenvalue weighted by Crippen LogP contribution is 2.26. The number of amides is 3. The highest BCUT2D eigenvalue weighted by Gasteiger charge is 2.35. The number of rotatable bonds is 4. The summed E-state index contributed by atoms with van der Waals surface area (Å²) in [7, 11) is 0. The minimum Gasteiger partial charge on any atom is -0.296 e. The molecule has 0 bridgehead atoms. The lowest BCUT2D eigenvalue weighted by Gasteiger charge is -2.10. The number of imide groups is 1. The molecule has 9 heteroatoms. The standard InChI is InChI=1S/C19H11N5O3S/c20-9-11-4-3-5-12(8-11)16(25)21-19-23-22-15(28-19)10-24-17(26)13-6-1-2-7-14(13)18(24)27/h1-8H,10H2,(H,21,23,25). The van der Waals surface area contributed by atoms with Gasteiger partial charge in [0.05, 0.1) is 29.3 Å². The van der Waals surface area contributed by atoms with E-state index in [-0.39, 0.29) is 23.5 Å². The molecule has 1 aliphatic rings. The van der Waals surface area contributed by atoms with Crippen molar-refractivity contribution in [3.8, 4) is 6.07 Å². The van der Waals surface area contributed by atoms with E-state index in [1.54, 1.807) is 42.5 Å². The van der Waals surface area contributed by atoms with Crippen LogP contribution in [-0.2, 0) is 6.54 Å². The second kappa shape index (κ2) is 7.02. The molecule has 8 nitrogen and oxygen atoms in total. The van der Waals surface area contributed by atoms with Gasteiger partial charge in [0.1, 0.15) is 5.01 Å². The van der Waals surface area contributed by atoms with Crippen molar-refractivity contribution in [2.24, 2.45) is 0 Å². The summed E-state index contributed by atoms with van der Waals surface area (Å²) in [5.41, 5.74) is 1.42. The SMILES string of the molecule is N#Cc1cccc(C(=O)Nc2nnc(CN3C(=O)c4ccccc4C3=O)s2)c1. The van der Waals surface area contributed by atoms with E-state index in [4.69, 9.17) is 5.26 Å². The molecule has 2 aromatic carbocycles. The average Bonchev–Trinajstić information content (AvgIpc) is 3.26. The maximum absolute atomic E-state index is 12.4. The fraction of sp³-hybridized carbons (Fsp3) is 0.0526. The van der Waals surface area contributed by atoms with Gasteiger partial charge in [-0.3, -0.25) is 24.6 Å². The summed E-state index contributed by atoms with van der Waals surface area (Å²) in [6, 6.07) is 14.9. The number of fused-ring (bicyclic) bond motifs is 1. The third-order valence-electron chi connectivity index (χ3n) is 4.11. The third-order valence-corrected chi connectivity index (χ3v) is 4.94. The highest BCUT2D eigenvalue weighted by atomic mass is 32.1. The van der Waals surface area contributed by atoms with Crippen LogP contribution >= 0.6 is 11.3 Å². The van der Waals surface area contributed by atoms with Crippen molar-refractivity contribution < 1.29 is 14.4 Å². The van der Waals surface area contributed by atoms with Gasteiger partial charge in [-0.25, -0.2) is 0 Å². The Bertz CT molecular complexity index is 1130. The first-order valence-electron chi connectivity index (χ1n) is 8.16. The minimum absolute atomic E-state index is 0.0240. The maximum atomic E-state index is 12.4. The normalized spacial score (nSPS) is 12.6. The van der Waals surface area contributed by atoms with Gasteiger partial charge < -0.3 is 0 Å². The lowest BCUT2D eigenvalue weighted by atomic mass is 10.1. The van der Waals surface area contributed by atoms with Crippen LogP contribution in [-0.4, -0.2) is 32.8 Å². The molecule has 0 aliphatic carbocycles. The van der Waals surface area contributed by atoms with Crippen molar-refractivity contribution in [2.75, 3.05) is 5.32 Å². The van der Waals surface area contributed by atoms with E-state index in [1.165, 1.54) is 6.07 Å². The topological polar surface area (TPSA) is 116 Å². The van der Waals surface area contributed by atoms with Gasteiger partial charge in [0.25, 0.3) is 17.7 Å². The van der Waals surface area contributed by atoms with Crippen molar-refractivity contribution in [3.63, 3.8) is 0 Å². The largest absolute Gasteiger partial charge is 0.296 e. The molecule has 0 radical (unpaired) electrons. The van der Waals surface area contributed by atoms with Crippen LogP contribution in [0.3, 0.4) is 0 Å². The number of nitriles is 1. The maximum Gasteiger partial charge on any atom is 0.261 e. The monoisotopic (exact) mass is 389 g/mol. The molecular formula is C19H11N5O3S. The van der Waals surface area contributed by atoms with E-state index >= 15 is 0 Å². The molecule has 0 saturated heterocycles. The second-order valence-electron chi connectivity index (χ2n) is 5.89. The van der Waals surface area contributed by atoms with E-state index in [9.17, 15) is 14.4 Å².